The van der Waals surface area contributed by atoms with Crippen LogP contribution in [0.5, 0.6) is 0 Å². The average Bonchev–Trinajstić information content (AvgIpc) is 2.64. The maximum absolute atomic E-state index is 12.3. The number of carbonyl (C=O) groups excluding carboxylic acids is 1. The van der Waals surface area contributed by atoms with E-state index in [2.05, 4.69) is 30.9 Å². The second kappa shape index (κ2) is 9.14. The molecule has 0 spiro atoms. The van der Waals surface area contributed by atoms with Crippen molar-refractivity contribution in [3.05, 3.63) is 70.7 Å². The van der Waals surface area contributed by atoms with Gasteiger partial charge in [0.15, 0.2) is 0 Å². The molecule has 0 saturated heterocycles. The number of carbonyl (C=O) groups is 1. The van der Waals surface area contributed by atoms with E-state index in [-0.39, 0.29) is 5.91 Å². The Labute approximate surface area is 171 Å². The van der Waals surface area contributed by atoms with Gasteiger partial charge in [0.1, 0.15) is 23.3 Å². The van der Waals surface area contributed by atoms with Gasteiger partial charge in [-0.15, -0.1) is 0 Å². The molecule has 3 aromatic rings. The molecule has 150 valence electrons. The first-order chi connectivity index (χ1) is 13.9. The monoisotopic (exact) mass is 390 g/mol. The molecular formula is C22H26N6O. The summed E-state index contributed by atoms with van der Waals surface area (Å²) in [6.07, 6.45) is 1.75. The molecule has 3 N–H and O–H groups in total. The van der Waals surface area contributed by atoms with Gasteiger partial charge in [0.2, 0.25) is 0 Å². The van der Waals surface area contributed by atoms with E-state index in [0.29, 0.717) is 36.1 Å². The van der Waals surface area contributed by atoms with Crippen molar-refractivity contribution in [2.75, 3.05) is 23.7 Å². The van der Waals surface area contributed by atoms with Crippen LogP contribution in [0.15, 0.2) is 42.6 Å². The third kappa shape index (κ3) is 5.75. The van der Waals surface area contributed by atoms with Gasteiger partial charge in [-0.2, -0.15) is 0 Å². The molecule has 0 aliphatic rings. The maximum atomic E-state index is 12.3. The van der Waals surface area contributed by atoms with Crippen molar-refractivity contribution in [2.45, 2.75) is 27.7 Å². The van der Waals surface area contributed by atoms with Crippen molar-refractivity contribution in [1.82, 2.24) is 20.3 Å². The minimum absolute atomic E-state index is 0.0731. The highest BCUT2D eigenvalue weighted by atomic mass is 16.1. The highest BCUT2D eigenvalue weighted by Crippen LogP contribution is 2.16. The lowest BCUT2D eigenvalue weighted by molar-refractivity contribution is 0.0954. The van der Waals surface area contributed by atoms with Gasteiger partial charge in [-0.1, -0.05) is 17.7 Å². The SMILES string of the molecule is Cc1ccnc(Nc2cc(NCCNC(=O)c3ccc(C)cc3C)nc(C)n2)c1. The number of rotatable bonds is 7. The molecule has 0 atom stereocenters. The topological polar surface area (TPSA) is 91.8 Å². The minimum atomic E-state index is -0.0731. The van der Waals surface area contributed by atoms with Crippen LogP contribution in [0.25, 0.3) is 0 Å². The fourth-order valence-electron chi connectivity index (χ4n) is 2.99. The Hall–Kier alpha value is -3.48. The van der Waals surface area contributed by atoms with Gasteiger partial charge in [0, 0.05) is 30.9 Å². The number of benzene rings is 1. The Morgan fingerprint density at radius 3 is 2.38 bits per heavy atom. The van der Waals surface area contributed by atoms with Crippen LogP contribution >= 0.6 is 0 Å². The van der Waals surface area contributed by atoms with Gasteiger partial charge >= 0.3 is 0 Å². The Morgan fingerprint density at radius 2 is 1.62 bits per heavy atom. The summed E-state index contributed by atoms with van der Waals surface area (Å²) in [5.74, 6) is 2.65. The molecule has 29 heavy (non-hydrogen) atoms. The van der Waals surface area contributed by atoms with E-state index in [1.54, 1.807) is 6.20 Å². The van der Waals surface area contributed by atoms with Gasteiger partial charge in [-0.05, 0) is 57.0 Å². The zero-order valence-electron chi connectivity index (χ0n) is 17.2. The number of anilines is 3. The van der Waals surface area contributed by atoms with Gasteiger partial charge in [-0.3, -0.25) is 4.79 Å². The molecule has 0 aliphatic carbocycles. The summed E-state index contributed by atoms with van der Waals surface area (Å²) < 4.78 is 0. The molecule has 7 heteroatoms. The Morgan fingerprint density at radius 1 is 0.862 bits per heavy atom. The largest absolute Gasteiger partial charge is 0.368 e. The van der Waals surface area contributed by atoms with E-state index in [1.807, 2.05) is 64.1 Å². The van der Waals surface area contributed by atoms with Crippen LogP contribution in [0.4, 0.5) is 17.5 Å². The van der Waals surface area contributed by atoms with Crippen LogP contribution in [0.1, 0.15) is 32.9 Å². The summed E-state index contributed by atoms with van der Waals surface area (Å²) in [5.41, 5.74) is 3.93. The highest BCUT2D eigenvalue weighted by Gasteiger charge is 2.08. The summed E-state index contributed by atoms with van der Waals surface area (Å²) in [7, 11) is 0. The number of aromatic nitrogens is 3. The van der Waals surface area contributed by atoms with Crippen LogP contribution in [0.3, 0.4) is 0 Å². The molecule has 0 bridgehead atoms. The standard InChI is InChI=1S/C22H26N6O/c1-14-5-6-18(16(3)11-14)22(29)25-10-9-24-20-13-21(27-17(4)26-20)28-19-12-15(2)7-8-23-19/h5-8,11-13H,9-10H2,1-4H3,(H,25,29)(H2,23,24,26,27,28). The second-order valence-electron chi connectivity index (χ2n) is 7.03. The molecule has 0 fully saturated rings. The first kappa shape index (κ1) is 20.3. The lowest BCUT2D eigenvalue weighted by atomic mass is 10.1. The number of aryl methyl sites for hydroxylation is 4. The van der Waals surface area contributed by atoms with Gasteiger partial charge < -0.3 is 16.0 Å². The summed E-state index contributed by atoms with van der Waals surface area (Å²) in [6, 6.07) is 11.5. The van der Waals surface area contributed by atoms with Crippen molar-refractivity contribution in [1.29, 1.82) is 0 Å². The van der Waals surface area contributed by atoms with E-state index in [0.717, 1.165) is 22.5 Å². The van der Waals surface area contributed by atoms with Crippen LogP contribution in [-0.2, 0) is 0 Å². The molecule has 0 saturated carbocycles. The number of hydrogen-bond donors (Lipinski definition) is 3. The zero-order valence-corrected chi connectivity index (χ0v) is 17.2. The number of hydrogen-bond acceptors (Lipinski definition) is 6. The molecule has 3 rings (SSSR count). The normalized spacial score (nSPS) is 10.5. The van der Waals surface area contributed by atoms with E-state index >= 15 is 0 Å². The van der Waals surface area contributed by atoms with Crippen molar-refractivity contribution in [3.63, 3.8) is 0 Å². The second-order valence-corrected chi connectivity index (χ2v) is 7.03. The predicted octanol–water partition coefficient (Wildman–Crippen LogP) is 3.69. The molecule has 2 heterocycles. The summed E-state index contributed by atoms with van der Waals surface area (Å²) in [4.78, 5) is 25.4. The molecule has 0 aliphatic heterocycles. The number of amides is 1. The molecule has 1 aromatic carbocycles. The Balaban J connectivity index is 1.55. The first-order valence-electron chi connectivity index (χ1n) is 9.55. The van der Waals surface area contributed by atoms with E-state index in [4.69, 9.17) is 0 Å². The van der Waals surface area contributed by atoms with Gasteiger partial charge in [0.25, 0.3) is 5.91 Å². The van der Waals surface area contributed by atoms with Crippen LogP contribution < -0.4 is 16.0 Å². The fraction of sp³-hybridized carbons (Fsp3) is 0.273. The first-order valence-corrected chi connectivity index (χ1v) is 9.55. The maximum Gasteiger partial charge on any atom is 0.251 e. The lowest BCUT2D eigenvalue weighted by Crippen LogP contribution is -2.29. The van der Waals surface area contributed by atoms with Crippen molar-refractivity contribution >= 4 is 23.4 Å². The fourth-order valence-corrected chi connectivity index (χ4v) is 2.99. The van der Waals surface area contributed by atoms with Crippen molar-refractivity contribution in [3.8, 4) is 0 Å². The van der Waals surface area contributed by atoms with Gasteiger partial charge in [0.05, 0.1) is 0 Å². The molecule has 1 amide bonds. The average molecular weight is 390 g/mol. The molecule has 0 unspecified atom stereocenters. The van der Waals surface area contributed by atoms with E-state index < -0.39 is 0 Å². The summed E-state index contributed by atoms with van der Waals surface area (Å²) >= 11 is 0. The lowest BCUT2D eigenvalue weighted by Gasteiger charge is -2.11. The quantitative estimate of drug-likeness (QED) is 0.533. The summed E-state index contributed by atoms with van der Waals surface area (Å²) in [5, 5.41) is 9.36. The third-order valence-corrected chi connectivity index (χ3v) is 4.35. The smallest absolute Gasteiger partial charge is 0.251 e. The Kier molecular flexibility index (Phi) is 6.39. The van der Waals surface area contributed by atoms with Crippen molar-refractivity contribution in [2.24, 2.45) is 0 Å². The van der Waals surface area contributed by atoms with Crippen LogP contribution in [0.2, 0.25) is 0 Å². The molecule has 7 nitrogen and oxygen atoms in total. The van der Waals surface area contributed by atoms with E-state index in [1.165, 1.54) is 0 Å². The number of pyridine rings is 1. The zero-order chi connectivity index (χ0) is 20.8. The minimum Gasteiger partial charge on any atom is -0.368 e. The molecule has 2 aromatic heterocycles. The highest BCUT2D eigenvalue weighted by molar-refractivity contribution is 5.95. The van der Waals surface area contributed by atoms with Crippen molar-refractivity contribution < 1.29 is 4.79 Å². The predicted molar refractivity (Wildman–Crippen MR) is 116 cm³/mol. The number of nitrogens with one attached hydrogen (secondary N) is 3. The van der Waals surface area contributed by atoms with E-state index in [9.17, 15) is 4.79 Å². The molecular weight excluding hydrogens is 364 g/mol. The van der Waals surface area contributed by atoms with Crippen LogP contribution in [0, 0.1) is 27.7 Å². The third-order valence-electron chi connectivity index (χ3n) is 4.35. The Bertz CT molecular complexity index is 1020. The summed E-state index contributed by atoms with van der Waals surface area (Å²) in [6.45, 7) is 8.84. The molecule has 0 radical (unpaired) electrons. The van der Waals surface area contributed by atoms with Crippen LogP contribution in [-0.4, -0.2) is 33.9 Å². The van der Waals surface area contributed by atoms with Gasteiger partial charge in [-0.25, -0.2) is 15.0 Å². The number of nitrogens with zero attached hydrogens (tertiary/aromatic N) is 3.